The number of hydrogen-bond acceptors (Lipinski definition) is 5. The molecule has 5 rings (SSSR count). The number of nitrogens with zero attached hydrogens (tertiary/aromatic N) is 6. The van der Waals surface area contributed by atoms with E-state index in [1.165, 1.54) is 0 Å². The summed E-state index contributed by atoms with van der Waals surface area (Å²) < 4.78 is 1.95. The van der Waals surface area contributed by atoms with Gasteiger partial charge in [0.2, 0.25) is 0 Å². The first-order valence-corrected chi connectivity index (χ1v) is 9.62. The van der Waals surface area contributed by atoms with Crippen LogP contribution in [0.25, 0.3) is 5.69 Å². The van der Waals surface area contributed by atoms with Crippen molar-refractivity contribution < 1.29 is 0 Å². The summed E-state index contributed by atoms with van der Waals surface area (Å²) >= 11 is 12.8. The van der Waals surface area contributed by atoms with Gasteiger partial charge in [0.15, 0.2) is 12.0 Å². The molecule has 27 heavy (non-hydrogen) atoms. The molecule has 2 aliphatic heterocycles. The second-order valence-electron chi connectivity index (χ2n) is 6.64. The van der Waals surface area contributed by atoms with Gasteiger partial charge in [0.05, 0.1) is 16.4 Å². The zero-order chi connectivity index (χ0) is 18.4. The van der Waals surface area contributed by atoms with Crippen LogP contribution in [0.4, 0.5) is 0 Å². The van der Waals surface area contributed by atoms with Crippen molar-refractivity contribution in [2.45, 2.75) is 19.0 Å². The third-order valence-corrected chi connectivity index (χ3v) is 5.54. The fourth-order valence-corrected chi connectivity index (χ4v) is 4.10. The second kappa shape index (κ2) is 6.71. The predicted octanol–water partition coefficient (Wildman–Crippen LogP) is 3.91. The first-order chi connectivity index (χ1) is 13.2. The van der Waals surface area contributed by atoms with Gasteiger partial charge in [-0.1, -0.05) is 41.4 Å². The Morgan fingerprint density at radius 2 is 1.81 bits per heavy atom. The standard InChI is InChI=1S/C19H16Cl2N6/c20-13-6-2-1-5-12(13)16-17-14(7-8-15(21)23-17)27-11-22-25-19(27)18(24-16)26-9-3-4-10-26/h1-2,5-8,11,18H,3-4,9-10H2. The van der Waals surface area contributed by atoms with E-state index in [9.17, 15) is 0 Å². The highest BCUT2D eigenvalue weighted by Gasteiger charge is 2.33. The Bertz CT molecular complexity index is 1040. The van der Waals surface area contributed by atoms with Crippen molar-refractivity contribution in [3.8, 4) is 5.69 Å². The van der Waals surface area contributed by atoms with Crippen molar-refractivity contribution in [3.05, 3.63) is 70.0 Å². The number of benzene rings is 1. The van der Waals surface area contributed by atoms with Crippen LogP contribution in [-0.2, 0) is 0 Å². The minimum absolute atomic E-state index is 0.241. The summed E-state index contributed by atoms with van der Waals surface area (Å²) in [6, 6.07) is 11.4. The fourth-order valence-electron chi connectivity index (χ4n) is 3.72. The normalized spacial score (nSPS) is 19.3. The maximum atomic E-state index is 6.52. The summed E-state index contributed by atoms with van der Waals surface area (Å²) in [7, 11) is 0. The molecule has 8 heteroatoms. The minimum atomic E-state index is -0.241. The lowest BCUT2D eigenvalue weighted by molar-refractivity contribution is 0.242. The van der Waals surface area contributed by atoms with Crippen molar-refractivity contribution in [3.63, 3.8) is 0 Å². The molecule has 1 atom stereocenters. The minimum Gasteiger partial charge on any atom is -0.280 e. The quantitative estimate of drug-likeness (QED) is 0.613. The third kappa shape index (κ3) is 2.84. The van der Waals surface area contributed by atoms with E-state index in [1.807, 2.05) is 34.9 Å². The molecule has 1 unspecified atom stereocenters. The van der Waals surface area contributed by atoms with Crippen LogP contribution in [0.1, 0.15) is 36.1 Å². The molecular formula is C19H16Cl2N6. The number of aliphatic imine (C=N–C) groups is 1. The maximum Gasteiger partial charge on any atom is 0.177 e. The van der Waals surface area contributed by atoms with Gasteiger partial charge < -0.3 is 0 Å². The van der Waals surface area contributed by atoms with E-state index in [2.05, 4.69) is 20.1 Å². The summed E-state index contributed by atoms with van der Waals surface area (Å²) in [6.07, 6.45) is 3.77. The second-order valence-corrected chi connectivity index (χ2v) is 7.43. The first kappa shape index (κ1) is 16.9. The highest BCUT2D eigenvalue weighted by atomic mass is 35.5. The highest BCUT2D eigenvalue weighted by Crippen LogP contribution is 2.34. The molecule has 0 radical (unpaired) electrons. The molecule has 2 aromatic heterocycles. The van der Waals surface area contributed by atoms with Gasteiger partial charge in [0, 0.05) is 18.7 Å². The fraction of sp³-hybridized carbons (Fsp3) is 0.263. The Balaban J connectivity index is 1.80. The number of halogens is 2. The third-order valence-electron chi connectivity index (χ3n) is 5.00. The van der Waals surface area contributed by atoms with Gasteiger partial charge in [-0.2, -0.15) is 0 Å². The van der Waals surface area contributed by atoms with Gasteiger partial charge >= 0.3 is 0 Å². The smallest absolute Gasteiger partial charge is 0.177 e. The Morgan fingerprint density at radius 3 is 2.63 bits per heavy atom. The lowest BCUT2D eigenvalue weighted by atomic mass is 10.1. The Kier molecular flexibility index (Phi) is 4.19. The van der Waals surface area contributed by atoms with Gasteiger partial charge in [0.1, 0.15) is 17.2 Å². The molecule has 0 N–H and O–H groups in total. The predicted molar refractivity (Wildman–Crippen MR) is 105 cm³/mol. The van der Waals surface area contributed by atoms with E-state index in [4.69, 9.17) is 28.2 Å². The molecule has 1 saturated heterocycles. The van der Waals surface area contributed by atoms with Gasteiger partial charge in [-0.3, -0.25) is 14.5 Å². The number of hydrogen-bond donors (Lipinski definition) is 0. The molecule has 1 aromatic carbocycles. The lowest BCUT2D eigenvalue weighted by Crippen LogP contribution is -2.26. The van der Waals surface area contributed by atoms with Crippen molar-refractivity contribution in [2.75, 3.05) is 13.1 Å². The number of fused-ring (bicyclic) bond motifs is 3. The van der Waals surface area contributed by atoms with Crippen LogP contribution >= 0.6 is 23.2 Å². The first-order valence-electron chi connectivity index (χ1n) is 8.86. The van der Waals surface area contributed by atoms with Crippen LogP contribution < -0.4 is 0 Å². The van der Waals surface area contributed by atoms with E-state index in [1.54, 1.807) is 12.4 Å². The van der Waals surface area contributed by atoms with E-state index < -0.39 is 0 Å². The van der Waals surface area contributed by atoms with Crippen molar-refractivity contribution in [1.29, 1.82) is 0 Å². The summed E-state index contributed by atoms with van der Waals surface area (Å²) in [4.78, 5) is 12.0. The van der Waals surface area contributed by atoms with Gasteiger partial charge in [0.25, 0.3) is 0 Å². The average Bonchev–Trinajstić information content (AvgIpc) is 3.34. The van der Waals surface area contributed by atoms with Crippen LogP contribution in [0.3, 0.4) is 0 Å². The summed E-state index contributed by atoms with van der Waals surface area (Å²) in [5.41, 5.74) is 3.08. The molecule has 0 saturated carbocycles. The van der Waals surface area contributed by atoms with Crippen molar-refractivity contribution in [1.82, 2.24) is 24.6 Å². The molecular weight excluding hydrogens is 383 g/mol. The molecule has 0 spiro atoms. The molecule has 6 nitrogen and oxygen atoms in total. The molecule has 0 aliphatic carbocycles. The van der Waals surface area contributed by atoms with Crippen molar-refractivity contribution in [2.24, 2.45) is 4.99 Å². The van der Waals surface area contributed by atoms with Gasteiger partial charge in [-0.15, -0.1) is 10.2 Å². The maximum absolute atomic E-state index is 6.52. The summed E-state index contributed by atoms with van der Waals surface area (Å²) in [6.45, 7) is 1.95. The Hall–Kier alpha value is -2.28. The molecule has 3 aromatic rings. The van der Waals surface area contributed by atoms with E-state index >= 15 is 0 Å². The van der Waals surface area contributed by atoms with Gasteiger partial charge in [-0.05, 0) is 31.0 Å². The van der Waals surface area contributed by atoms with E-state index in [0.29, 0.717) is 15.9 Å². The van der Waals surface area contributed by atoms with Crippen LogP contribution in [0, 0.1) is 0 Å². The van der Waals surface area contributed by atoms with Crippen LogP contribution in [0.2, 0.25) is 10.2 Å². The molecule has 0 amide bonds. The SMILES string of the molecule is Clc1ccc2c(n1)C(c1ccccc1Cl)=NC(N1CCCC1)c1nncn1-2. The largest absolute Gasteiger partial charge is 0.280 e. The Labute approximate surface area is 166 Å². The topological polar surface area (TPSA) is 59.2 Å². The average molecular weight is 399 g/mol. The Morgan fingerprint density at radius 1 is 1.00 bits per heavy atom. The van der Waals surface area contributed by atoms with Crippen molar-refractivity contribution >= 4 is 28.9 Å². The number of aromatic nitrogens is 4. The van der Waals surface area contributed by atoms with E-state index in [-0.39, 0.29) is 6.17 Å². The monoisotopic (exact) mass is 398 g/mol. The molecule has 2 aliphatic rings. The number of pyridine rings is 1. The van der Waals surface area contributed by atoms with E-state index in [0.717, 1.165) is 48.7 Å². The van der Waals surface area contributed by atoms with Crippen LogP contribution in [-0.4, -0.2) is 43.4 Å². The molecule has 4 heterocycles. The van der Waals surface area contributed by atoms with Crippen LogP contribution in [0.5, 0.6) is 0 Å². The summed E-state index contributed by atoms with van der Waals surface area (Å²) in [5.74, 6) is 0.782. The van der Waals surface area contributed by atoms with Crippen LogP contribution in [0.15, 0.2) is 47.7 Å². The molecule has 0 bridgehead atoms. The number of likely N-dealkylation sites (tertiary alicyclic amines) is 1. The van der Waals surface area contributed by atoms with Gasteiger partial charge in [-0.25, -0.2) is 4.98 Å². The zero-order valence-corrected chi connectivity index (χ0v) is 15.9. The molecule has 1 fully saturated rings. The lowest BCUT2D eigenvalue weighted by Gasteiger charge is -2.22. The zero-order valence-electron chi connectivity index (χ0n) is 14.4. The summed E-state index contributed by atoms with van der Waals surface area (Å²) in [5, 5.41) is 9.55. The number of rotatable bonds is 2. The highest BCUT2D eigenvalue weighted by molar-refractivity contribution is 6.35. The molecule has 136 valence electrons.